The summed E-state index contributed by atoms with van der Waals surface area (Å²) in [4.78, 5) is 4.32. The first-order valence-electron chi connectivity index (χ1n) is 5.66. The molecule has 90 valence electrons. The molecule has 1 heterocycles. The summed E-state index contributed by atoms with van der Waals surface area (Å²) in [6.07, 6.45) is 4.91. The third kappa shape index (κ3) is 3.11. The van der Waals surface area contributed by atoms with Crippen LogP contribution < -0.4 is 5.32 Å². The van der Waals surface area contributed by atoms with Gasteiger partial charge in [-0.3, -0.25) is 0 Å². The highest BCUT2D eigenvalue weighted by molar-refractivity contribution is 9.10. The topological polar surface area (TPSA) is 24.9 Å². The summed E-state index contributed by atoms with van der Waals surface area (Å²) in [5, 5.41) is 4.17. The quantitative estimate of drug-likeness (QED) is 0.838. The fourth-order valence-electron chi connectivity index (χ4n) is 1.77. The summed E-state index contributed by atoms with van der Waals surface area (Å²) in [6.45, 7) is 6.59. The minimum atomic E-state index is 0.128. The Bertz CT molecular complexity index is 343. The van der Waals surface area contributed by atoms with Crippen LogP contribution in [0.25, 0.3) is 0 Å². The third-order valence-electron chi connectivity index (χ3n) is 3.22. The normalized spacial score (nSPS) is 11.6. The Morgan fingerprint density at radius 3 is 2.31 bits per heavy atom. The van der Waals surface area contributed by atoms with Crippen molar-refractivity contribution in [2.45, 2.75) is 45.6 Å². The smallest absolute Gasteiger partial charge is 0.140 e. The van der Waals surface area contributed by atoms with Crippen molar-refractivity contribution in [2.24, 2.45) is 0 Å². The van der Waals surface area contributed by atoms with Crippen molar-refractivity contribution in [3.05, 3.63) is 21.8 Å². The second-order valence-electron chi connectivity index (χ2n) is 3.95. The first-order chi connectivity index (χ1) is 7.56. The van der Waals surface area contributed by atoms with Gasteiger partial charge >= 0.3 is 0 Å². The van der Waals surface area contributed by atoms with Crippen LogP contribution in [0, 0.1) is 0 Å². The van der Waals surface area contributed by atoms with Gasteiger partial charge in [-0.05, 0) is 41.3 Å². The molecule has 0 bridgehead atoms. The molecule has 2 nitrogen and oxygen atoms in total. The predicted octanol–water partition coefficient (Wildman–Crippen LogP) is 4.88. The molecule has 4 heteroatoms. The van der Waals surface area contributed by atoms with Gasteiger partial charge in [0.15, 0.2) is 0 Å². The Hall–Kier alpha value is -0.280. The van der Waals surface area contributed by atoms with Gasteiger partial charge in [0.1, 0.15) is 5.82 Å². The molecule has 16 heavy (non-hydrogen) atoms. The molecular formula is C12H18BrClN2. The first kappa shape index (κ1) is 13.8. The fraction of sp³-hybridized carbons (Fsp3) is 0.583. The average molecular weight is 306 g/mol. The average Bonchev–Trinajstić information content (AvgIpc) is 2.29. The molecule has 0 radical (unpaired) electrons. The lowest BCUT2D eigenvalue weighted by Gasteiger charge is -2.32. The van der Waals surface area contributed by atoms with Crippen molar-refractivity contribution in [2.75, 3.05) is 5.32 Å². The minimum Gasteiger partial charge on any atom is -0.364 e. The number of pyridine rings is 1. The summed E-state index contributed by atoms with van der Waals surface area (Å²) in [6, 6.07) is 1.86. The third-order valence-corrected chi connectivity index (χ3v) is 4.03. The van der Waals surface area contributed by atoms with Crippen LogP contribution in [0.2, 0.25) is 5.02 Å². The lowest BCUT2D eigenvalue weighted by atomic mass is 9.90. The van der Waals surface area contributed by atoms with E-state index in [9.17, 15) is 0 Å². The highest BCUT2D eigenvalue weighted by Gasteiger charge is 2.24. The van der Waals surface area contributed by atoms with Crippen LogP contribution in [0.15, 0.2) is 16.7 Å². The summed E-state index contributed by atoms with van der Waals surface area (Å²) in [5.74, 6) is 0.870. The SMILES string of the molecule is CCC(CC)(CC)Nc1ncc(Cl)cc1Br. The molecule has 0 aliphatic rings. The number of aromatic nitrogens is 1. The van der Waals surface area contributed by atoms with Crippen LogP contribution in [0.3, 0.4) is 0 Å². The van der Waals surface area contributed by atoms with E-state index in [2.05, 4.69) is 47.0 Å². The van der Waals surface area contributed by atoms with Gasteiger partial charge in [-0.25, -0.2) is 4.98 Å². The zero-order valence-corrected chi connectivity index (χ0v) is 12.3. The maximum atomic E-state index is 5.87. The van der Waals surface area contributed by atoms with Gasteiger partial charge in [0, 0.05) is 11.7 Å². The molecule has 0 aliphatic carbocycles. The summed E-state index contributed by atoms with van der Waals surface area (Å²) in [5.41, 5.74) is 0.128. The highest BCUT2D eigenvalue weighted by atomic mass is 79.9. The molecule has 0 spiro atoms. The summed E-state index contributed by atoms with van der Waals surface area (Å²) < 4.78 is 0.916. The van der Waals surface area contributed by atoms with Crippen molar-refractivity contribution in [1.82, 2.24) is 4.98 Å². The van der Waals surface area contributed by atoms with E-state index in [1.165, 1.54) is 0 Å². The van der Waals surface area contributed by atoms with E-state index in [1.54, 1.807) is 6.20 Å². The van der Waals surface area contributed by atoms with Crippen LogP contribution in [0.1, 0.15) is 40.0 Å². The van der Waals surface area contributed by atoms with E-state index in [0.717, 1.165) is 29.6 Å². The lowest BCUT2D eigenvalue weighted by molar-refractivity contribution is 0.419. The van der Waals surface area contributed by atoms with Crippen molar-refractivity contribution in [1.29, 1.82) is 0 Å². The van der Waals surface area contributed by atoms with Gasteiger partial charge in [0.05, 0.1) is 9.50 Å². The van der Waals surface area contributed by atoms with Crippen molar-refractivity contribution in [3.8, 4) is 0 Å². The Morgan fingerprint density at radius 2 is 1.88 bits per heavy atom. The second kappa shape index (κ2) is 5.87. The van der Waals surface area contributed by atoms with Gasteiger partial charge in [0.2, 0.25) is 0 Å². The Kier molecular flexibility index (Phi) is 5.06. The maximum Gasteiger partial charge on any atom is 0.140 e. The van der Waals surface area contributed by atoms with E-state index in [0.29, 0.717) is 5.02 Å². The van der Waals surface area contributed by atoms with Gasteiger partial charge in [-0.15, -0.1) is 0 Å². The molecule has 1 aromatic rings. The molecule has 0 aromatic carbocycles. The van der Waals surface area contributed by atoms with Gasteiger partial charge < -0.3 is 5.32 Å². The Morgan fingerprint density at radius 1 is 1.31 bits per heavy atom. The molecule has 0 amide bonds. The number of nitrogens with one attached hydrogen (secondary N) is 1. The van der Waals surface area contributed by atoms with E-state index >= 15 is 0 Å². The molecule has 0 unspecified atom stereocenters. The Labute approximate surface area is 111 Å². The van der Waals surface area contributed by atoms with Crippen molar-refractivity contribution in [3.63, 3.8) is 0 Å². The molecule has 0 atom stereocenters. The summed E-state index contributed by atoms with van der Waals surface area (Å²) >= 11 is 9.35. The van der Waals surface area contributed by atoms with Gasteiger partial charge in [-0.2, -0.15) is 0 Å². The molecule has 0 fully saturated rings. The molecule has 0 aliphatic heterocycles. The molecule has 1 N–H and O–H groups in total. The zero-order valence-electron chi connectivity index (χ0n) is 9.98. The largest absolute Gasteiger partial charge is 0.364 e. The van der Waals surface area contributed by atoms with Gasteiger partial charge in [-0.1, -0.05) is 32.4 Å². The second-order valence-corrected chi connectivity index (χ2v) is 5.24. The molecule has 0 saturated carbocycles. The summed E-state index contributed by atoms with van der Waals surface area (Å²) in [7, 11) is 0. The van der Waals surface area contributed by atoms with Crippen LogP contribution in [-0.2, 0) is 0 Å². The van der Waals surface area contributed by atoms with Crippen LogP contribution >= 0.6 is 27.5 Å². The van der Waals surface area contributed by atoms with Crippen LogP contribution in [0.5, 0.6) is 0 Å². The molecule has 0 saturated heterocycles. The van der Waals surface area contributed by atoms with E-state index in [4.69, 9.17) is 11.6 Å². The van der Waals surface area contributed by atoms with Crippen molar-refractivity contribution < 1.29 is 0 Å². The number of hydrogen-bond donors (Lipinski definition) is 1. The van der Waals surface area contributed by atoms with E-state index < -0.39 is 0 Å². The molecule has 1 aromatic heterocycles. The standard InChI is InChI=1S/C12H18BrClN2/c1-4-12(5-2,6-3)16-11-10(13)7-9(14)8-15-11/h7-8H,4-6H2,1-3H3,(H,15,16). The minimum absolute atomic E-state index is 0.128. The number of halogens is 2. The van der Waals surface area contributed by atoms with Gasteiger partial charge in [0.25, 0.3) is 0 Å². The fourth-order valence-corrected chi connectivity index (χ4v) is 2.51. The van der Waals surface area contributed by atoms with E-state index in [1.807, 2.05) is 6.07 Å². The maximum absolute atomic E-state index is 5.87. The molecule has 1 rings (SSSR count). The van der Waals surface area contributed by atoms with Crippen LogP contribution in [0.4, 0.5) is 5.82 Å². The molecular weight excluding hydrogens is 288 g/mol. The number of hydrogen-bond acceptors (Lipinski definition) is 2. The lowest BCUT2D eigenvalue weighted by Crippen LogP contribution is -2.36. The number of anilines is 1. The monoisotopic (exact) mass is 304 g/mol. The Balaban J connectivity index is 2.93. The predicted molar refractivity (Wildman–Crippen MR) is 74.2 cm³/mol. The van der Waals surface area contributed by atoms with E-state index in [-0.39, 0.29) is 5.54 Å². The highest BCUT2D eigenvalue weighted by Crippen LogP contribution is 2.30. The number of nitrogens with zero attached hydrogens (tertiary/aromatic N) is 1. The number of rotatable bonds is 5. The first-order valence-corrected chi connectivity index (χ1v) is 6.83. The zero-order chi connectivity index (χ0) is 12.2. The van der Waals surface area contributed by atoms with Crippen molar-refractivity contribution >= 4 is 33.3 Å². The van der Waals surface area contributed by atoms with Crippen LogP contribution in [-0.4, -0.2) is 10.5 Å².